The van der Waals surface area contributed by atoms with Crippen LogP contribution in [0.5, 0.6) is 5.75 Å². The Bertz CT molecular complexity index is 1450. The van der Waals surface area contributed by atoms with E-state index in [0.717, 1.165) is 31.9 Å². The van der Waals surface area contributed by atoms with Gasteiger partial charge in [-0.25, -0.2) is 9.67 Å². The van der Waals surface area contributed by atoms with E-state index < -0.39 is 0 Å². The van der Waals surface area contributed by atoms with Gasteiger partial charge >= 0.3 is 0 Å². The third-order valence-electron chi connectivity index (χ3n) is 6.21. The number of amides is 1. The van der Waals surface area contributed by atoms with Gasteiger partial charge in [0.2, 0.25) is 5.95 Å². The fourth-order valence-corrected chi connectivity index (χ4v) is 4.45. The predicted molar refractivity (Wildman–Crippen MR) is 136 cm³/mol. The zero-order valence-electron chi connectivity index (χ0n) is 20.8. The summed E-state index contributed by atoms with van der Waals surface area (Å²) in [5, 5.41) is 16.7. The summed E-state index contributed by atoms with van der Waals surface area (Å²) >= 11 is 0. The number of nitrogens with zero attached hydrogens (tertiary/aromatic N) is 6. The van der Waals surface area contributed by atoms with E-state index in [1.165, 1.54) is 24.2 Å². The van der Waals surface area contributed by atoms with Crippen molar-refractivity contribution in [2.24, 2.45) is 0 Å². The van der Waals surface area contributed by atoms with E-state index in [-0.39, 0.29) is 23.6 Å². The number of piperidine rings is 1. The topological polar surface area (TPSA) is 118 Å². The van der Waals surface area contributed by atoms with Crippen molar-refractivity contribution in [2.45, 2.75) is 46.2 Å². The Balaban J connectivity index is 1.84. The van der Waals surface area contributed by atoms with Gasteiger partial charge in [0.1, 0.15) is 16.8 Å². The fourth-order valence-electron chi connectivity index (χ4n) is 4.45. The lowest BCUT2D eigenvalue weighted by molar-refractivity contribution is 0.0962. The van der Waals surface area contributed by atoms with Gasteiger partial charge in [-0.2, -0.15) is 10.4 Å². The van der Waals surface area contributed by atoms with E-state index in [2.05, 4.69) is 33.2 Å². The molecule has 2 aromatic heterocycles. The lowest BCUT2D eigenvalue weighted by atomic mass is 10.0. The van der Waals surface area contributed by atoms with E-state index in [0.29, 0.717) is 41.1 Å². The fraction of sp³-hybridized carbons (Fsp3) is 0.423. The summed E-state index contributed by atoms with van der Waals surface area (Å²) in [7, 11) is 1.52. The van der Waals surface area contributed by atoms with Gasteiger partial charge in [0.15, 0.2) is 0 Å². The molecule has 1 fully saturated rings. The number of benzene rings is 1. The molecule has 1 aliphatic rings. The molecule has 0 bridgehead atoms. The first-order chi connectivity index (χ1) is 17.5. The molecule has 36 heavy (non-hydrogen) atoms. The molecule has 0 spiro atoms. The monoisotopic (exact) mass is 487 g/mol. The molecule has 3 aromatic rings. The second kappa shape index (κ2) is 11.0. The van der Waals surface area contributed by atoms with Crippen molar-refractivity contribution in [1.29, 1.82) is 5.26 Å². The lowest BCUT2D eigenvalue weighted by Crippen LogP contribution is -2.32. The van der Waals surface area contributed by atoms with E-state index in [4.69, 9.17) is 9.72 Å². The van der Waals surface area contributed by atoms with Gasteiger partial charge in [0.25, 0.3) is 11.5 Å². The van der Waals surface area contributed by atoms with E-state index >= 15 is 0 Å². The maximum Gasteiger partial charge on any atom is 0.293 e. The first-order valence-corrected chi connectivity index (χ1v) is 12.0. The van der Waals surface area contributed by atoms with E-state index in [1.54, 1.807) is 19.2 Å². The summed E-state index contributed by atoms with van der Waals surface area (Å²) in [5.41, 5.74) is 1.63. The SMILES string of the molecule is CC#CCn1c(N2CCCCC2)nc2cnn(Cc3c(C#N)cc(C(=O)NC)cc3OCC)c(=O)c21. The summed E-state index contributed by atoms with van der Waals surface area (Å²) in [4.78, 5) is 32.8. The Labute approximate surface area is 209 Å². The molecule has 0 aliphatic carbocycles. The summed E-state index contributed by atoms with van der Waals surface area (Å²) in [5.74, 6) is 6.73. The Morgan fingerprint density at radius 2 is 2.03 bits per heavy atom. The highest BCUT2D eigenvalue weighted by Gasteiger charge is 2.23. The largest absolute Gasteiger partial charge is 0.493 e. The molecule has 1 aliphatic heterocycles. The number of carbonyl (C=O) groups excluding carboxylic acids is 1. The average molecular weight is 488 g/mol. The second-order valence-electron chi connectivity index (χ2n) is 8.44. The Kier molecular flexibility index (Phi) is 7.55. The summed E-state index contributed by atoms with van der Waals surface area (Å²) in [6.07, 6.45) is 4.91. The van der Waals surface area contributed by atoms with Crippen molar-refractivity contribution in [2.75, 3.05) is 31.6 Å². The molecule has 4 rings (SSSR count). The van der Waals surface area contributed by atoms with Crippen LogP contribution >= 0.6 is 0 Å². The summed E-state index contributed by atoms with van der Waals surface area (Å²) in [6, 6.07) is 5.21. The van der Waals surface area contributed by atoms with Crippen molar-refractivity contribution in [3.8, 4) is 23.7 Å². The van der Waals surface area contributed by atoms with Crippen LogP contribution in [-0.4, -0.2) is 52.0 Å². The number of rotatable bonds is 7. The number of aromatic nitrogens is 4. The number of ether oxygens (including phenoxy) is 1. The van der Waals surface area contributed by atoms with Crippen molar-refractivity contribution in [1.82, 2.24) is 24.6 Å². The third-order valence-corrected chi connectivity index (χ3v) is 6.21. The molecular formula is C26H29N7O3. The van der Waals surface area contributed by atoms with Crippen LogP contribution < -0.4 is 20.5 Å². The molecule has 1 N–H and O–H groups in total. The Hall–Kier alpha value is -4.31. The smallest absolute Gasteiger partial charge is 0.293 e. The standard InChI is InChI=1S/C26H29N7O3/c1-4-6-12-32-23-21(30-26(32)31-10-8-7-9-11-31)16-29-33(25(23)35)17-20-19(15-27)13-18(24(34)28-3)14-22(20)36-5-2/h13-14,16H,5,7-12,17H2,1-3H3,(H,28,34). The van der Waals surface area contributed by atoms with Gasteiger partial charge in [-0.05, 0) is 45.2 Å². The van der Waals surface area contributed by atoms with Crippen LogP contribution in [0.1, 0.15) is 54.6 Å². The van der Waals surface area contributed by atoms with Gasteiger partial charge in [-0.1, -0.05) is 5.92 Å². The predicted octanol–water partition coefficient (Wildman–Crippen LogP) is 2.28. The van der Waals surface area contributed by atoms with Crippen molar-refractivity contribution >= 4 is 22.9 Å². The van der Waals surface area contributed by atoms with Crippen molar-refractivity contribution in [3.05, 3.63) is 45.4 Å². The number of carbonyl (C=O) groups is 1. The van der Waals surface area contributed by atoms with Gasteiger partial charge in [-0.15, -0.1) is 5.92 Å². The van der Waals surface area contributed by atoms with Crippen LogP contribution in [-0.2, 0) is 13.1 Å². The second-order valence-corrected chi connectivity index (χ2v) is 8.44. The maximum atomic E-state index is 13.7. The van der Waals surface area contributed by atoms with Gasteiger partial charge in [0, 0.05) is 31.3 Å². The Morgan fingerprint density at radius 3 is 2.69 bits per heavy atom. The maximum absolute atomic E-state index is 13.7. The van der Waals surface area contributed by atoms with Gasteiger partial charge < -0.3 is 15.0 Å². The minimum atomic E-state index is -0.332. The van der Waals surface area contributed by atoms with Gasteiger partial charge in [-0.3, -0.25) is 14.2 Å². The average Bonchev–Trinajstić information content (AvgIpc) is 3.29. The van der Waals surface area contributed by atoms with Gasteiger partial charge in [0.05, 0.1) is 37.5 Å². The number of hydrogen-bond acceptors (Lipinski definition) is 7. The molecule has 1 aromatic carbocycles. The minimum absolute atomic E-state index is 0.00467. The normalized spacial score (nSPS) is 13.1. The van der Waals surface area contributed by atoms with Crippen LogP contribution in [0.4, 0.5) is 5.95 Å². The number of imidazole rings is 1. The number of fused-ring (bicyclic) bond motifs is 1. The number of nitriles is 1. The molecule has 0 unspecified atom stereocenters. The van der Waals surface area contributed by atoms with E-state index in [9.17, 15) is 14.9 Å². The lowest BCUT2D eigenvalue weighted by Gasteiger charge is -2.27. The van der Waals surface area contributed by atoms with Crippen molar-refractivity contribution < 1.29 is 9.53 Å². The molecule has 1 amide bonds. The summed E-state index contributed by atoms with van der Waals surface area (Å²) < 4.78 is 8.92. The molecule has 0 atom stereocenters. The zero-order chi connectivity index (χ0) is 25.7. The quantitative estimate of drug-likeness (QED) is 0.508. The Morgan fingerprint density at radius 1 is 1.25 bits per heavy atom. The highest BCUT2D eigenvalue weighted by atomic mass is 16.5. The number of anilines is 1. The molecule has 0 saturated carbocycles. The zero-order valence-corrected chi connectivity index (χ0v) is 20.8. The third kappa shape index (κ3) is 4.76. The minimum Gasteiger partial charge on any atom is -0.493 e. The molecular weight excluding hydrogens is 458 g/mol. The van der Waals surface area contributed by atoms with Crippen LogP contribution in [0.15, 0.2) is 23.1 Å². The number of nitrogens with one attached hydrogen (secondary N) is 1. The number of hydrogen-bond donors (Lipinski definition) is 1. The molecule has 3 heterocycles. The van der Waals surface area contributed by atoms with Crippen LogP contribution in [0.2, 0.25) is 0 Å². The highest BCUT2D eigenvalue weighted by molar-refractivity contribution is 5.95. The summed E-state index contributed by atoms with van der Waals surface area (Å²) in [6.45, 7) is 6.02. The molecule has 186 valence electrons. The first-order valence-electron chi connectivity index (χ1n) is 12.0. The van der Waals surface area contributed by atoms with Crippen molar-refractivity contribution in [3.63, 3.8) is 0 Å². The van der Waals surface area contributed by atoms with E-state index in [1.807, 2.05) is 11.5 Å². The molecule has 1 saturated heterocycles. The van der Waals surface area contributed by atoms with Crippen LogP contribution in [0.3, 0.4) is 0 Å². The highest BCUT2D eigenvalue weighted by Crippen LogP contribution is 2.27. The van der Waals surface area contributed by atoms with Crippen LogP contribution in [0, 0.1) is 23.2 Å². The molecule has 10 nitrogen and oxygen atoms in total. The van der Waals surface area contributed by atoms with Crippen LogP contribution in [0.25, 0.3) is 11.0 Å². The molecule has 0 radical (unpaired) electrons. The molecule has 10 heteroatoms. The first kappa shape index (κ1) is 24.8.